The second-order valence-corrected chi connectivity index (χ2v) is 9.19. The number of fused-ring (bicyclic) bond motifs is 1. The highest BCUT2D eigenvalue weighted by Gasteiger charge is 2.21. The second-order valence-electron chi connectivity index (χ2n) is 8.79. The number of benzene rings is 1. The first-order valence-corrected chi connectivity index (χ1v) is 11.0. The molecule has 4 rings (SSSR count). The average molecular weight is 442 g/mol. The molecule has 3 aromatic rings. The standard InChI is InChI=1S/C23H28ClN5O2/c1-23(2,31)7-9-29-14-27-19-6-5-15(10-20(19)29)17-11-21(26-13-18(17)24)28-22(30)16-4-3-8-25-12-16/h5-6,10-11,13-14,16,25,31H,3-4,7-9,12H2,1-2H3,(H,26,28,30)/t16-/m1/s1. The van der Waals surface area contributed by atoms with Gasteiger partial charge in [-0.15, -0.1) is 0 Å². The Morgan fingerprint density at radius 1 is 1.35 bits per heavy atom. The first-order chi connectivity index (χ1) is 14.8. The first-order valence-electron chi connectivity index (χ1n) is 10.6. The number of piperidine rings is 1. The quantitative estimate of drug-likeness (QED) is 0.540. The van der Waals surface area contributed by atoms with Crippen molar-refractivity contribution in [2.45, 2.75) is 45.3 Å². The summed E-state index contributed by atoms with van der Waals surface area (Å²) < 4.78 is 2.03. The topological polar surface area (TPSA) is 92.1 Å². The number of carbonyl (C=O) groups excluding carboxylic acids is 1. The molecule has 0 saturated carbocycles. The van der Waals surface area contributed by atoms with E-state index in [1.807, 2.05) is 28.8 Å². The Balaban J connectivity index is 1.59. The van der Waals surface area contributed by atoms with Gasteiger partial charge in [-0.05, 0) is 63.4 Å². The molecule has 1 aliphatic rings. The van der Waals surface area contributed by atoms with E-state index in [0.717, 1.165) is 41.5 Å². The molecule has 1 amide bonds. The Labute approximate surface area is 186 Å². The lowest BCUT2D eigenvalue weighted by atomic mass is 9.99. The monoisotopic (exact) mass is 441 g/mol. The third kappa shape index (κ3) is 5.23. The Morgan fingerprint density at radius 3 is 2.94 bits per heavy atom. The van der Waals surface area contributed by atoms with Crippen molar-refractivity contribution in [3.05, 3.63) is 41.8 Å². The summed E-state index contributed by atoms with van der Waals surface area (Å²) in [4.78, 5) is 21.3. The molecule has 0 bridgehead atoms. The summed E-state index contributed by atoms with van der Waals surface area (Å²) in [5.41, 5.74) is 2.81. The molecule has 1 atom stereocenters. The predicted octanol–water partition coefficient (Wildman–Crippen LogP) is 3.85. The zero-order valence-electron chi connectivity index (χ0n) is 17.9. The van der Waals surface area contributed by atoms with Gasteiger partial charge < -0.3 is 20.3 Å². The molecule has 0 aliphatic carbocycles. The van der Waals surface area contributed by atoms with Gasteiger partial charge >= 0.3 is 0 Å². The van der Waals surface area contributed by atoms with Crippen molar-refractivity contribution in [2.24, 2.45) is 5.92 Å². The van der Waals surface area contributed by atoms with Gasteiger partial charge in [0.25, 0.3) is 0 Å². The number of nitrogens with zero attached hydrogens (tertiary/aromatic N) is 3. The molecule has 3 N–H and O–H groups in total. The van der Waals surface area contributed by atoms with Gasteiger partial charge in [-0.25, -0.2) is 9.97 Å². The van der Waals surface area contributed by atoms with E-state index in [1.54, 1.807) is 26.4 Å². The zero-order valence-corrected chi connectivity index (χ0v) is 18.6. The van der Waals surface area contributed by atoms with Crippen LogP contribution in [0.25, 0.3) is 22.2 Å². The Morgan fingerprint density at radius 2 is 2.19 bits per heavy atom. The molecule has 1 saturated heterocycles. The number of halogens is 1. The fraction of sp³-hybridized carbons (Fsp3) is 0.435. The van der Waals surface area contributed by atoms with E-state index in [9.17, 15) is 9.90 Å². The van der Waals surface area contributed by atoms with Crippen LogP contribution in [0.3, 0.4) is 0 Å². The summed E-state index contributed by atoms with van der Waals surface area (Å²) in [7, 11) is 0. The molecule has 0 spiro atoms. The molecule has 1 fully saturated rings. The number of aliphatic hydroxyl groups is 1. The molecule has 2 aromatic heterocycles. The predicted molar refractivity (Wildman–Crippen MR) is 123 cm³/mol. The summed E-state index contributed by atoms with van der Waals surface area (Å²) in [6, 6.07) is 7.77. The molecule has 8 heteroatoms. The molecule has 1 aliphatic heterocycles. The summed E-state index contributed by atoms with van der Waals surface area (Å²) in [6.07, 6.45) is 5.85. The van der Waals surface area contributed by atoms with Gasteiger partial charge in [-0.2, -0.15) is 0 Å². The van der Waals surface area contributed by atoms with Crippen molar-refractivity contribution >= 4 is 34.4 Å². The van der Waals surface area contributed by atoms with Gasteiger partial charge in [0.1, 0.15) is 5.82 Å². The number of carbonyl (C=O) groups is 1. The second kappa shape index (κ2) is 8.94. The maximum atomic E-state index is 12.6. The van der Waals surface area contributed by atoms with E-state index in [1.165, 1.54) is 0 Å². The summed E-state index contributed by atoms with van der Waals surface area (Å²) in [6.45, 7) is 5.91. The van der Waals surface area contributed by atoms with Gasteiger partial charge in [0.05, 0.1) is 33.9 Å². The zero-order chi connectivity index (χ0) is 22.0. The lowest BCUT2D eigenvalue weighted by molar-refractivity contribution is -0.120. The van der Waals surface area contributed by atoms with Crippen molar-refractivity contribution < 1.29 is 9.90 Å². The average Bonchev–Trinajstić information content (AvgIpc) is 3.16. The van der Waals surface area contributed by atoms with Gasteiger partial charge in [-0.3, -0.25) is 4.79 Å². The smallest absolute Gasteiger partial charge is 0.229 e. The van der Waals surface area contributed by atoms with Gasteiger partial charge in [0.2, 0.25) is 5.91 Å². The highest BCUT2D eigenvalue weighted by molar-refractivity contribution is 6.33. The minimum absolute atomic E-state index is 0.0203. The molecule has 7 nitrogen and oxygen atoms in total. The van der Waals surface area contributed by atoms with E-state index in [2.05, 4.69) is 20.6 Å². The normalized spacial score (nSPS) is 17.1. The Bertz CT molecular complexity index is 1080. The van der Waals surface area contributed by atoms with E-state index in [4.69, 9.17) is 11.6 Å². The molecule has 164 valence electrons. The van der Waals surface area contributed by atoms with Crippen LogP contribution in [0.1, 0.15) is 33.1 Å². The van der Waals surface area contributed by atoms with Gasteiger partial charge in [0.15, 0.2) is 0 Å². The van der Waals surface area contributed by atoms with E-state index in [-0.39, 0.29) is 11.8 Å². The fourth-order valence-corrected chi connectivity index (χ4v) is 4.04. The van der Waals surface area contributed by atoms with Crippen LogP contribution in [0.5, 0.6) is 0 Å². The van der Waals surface area contributed by atoms with Gasteiger partial charge in [-0.1, -0.05) is 17.7 Å². The minimum atomic E-state index is -0.746. The number of pyridine rings is 1. The fourth-order valence-electron chi connectivity index (χ4n) is 3.83. The number of aromatic nitrogens is 3. The minimum Gasteiger partial charge on any atom is -0.390 e. The number of amides is 1. The maximum absolute atomic E-state index is 12.6. The number of anilines is 1. The molecule has 3 heterocycles. The number of imidazole rings is 1. The largest absolute Gasteiger partial charge is 0.390 e. The van der Waals surface area contributed by atoms with Crippen LogP contribution < -0.4 is 10.6 Å². The maximum Gasteiger partial charge on any atom is 0.229 e. The number of nitrogens with one attached hydrogen (secondary N) is 2. The molecule has 31 heavy (non-hydrogen) atoms. The molecule has 1 aromatic carbocycles. The molecule has 0 radical (unpaired) electrons. The number of hydrogen-bond donors (Lipinski definition) is 3. The van der Waals surface area contributed by atoms with Crippen LogP contribution >= 0.6 is 11.6 Å². The van der Waals surface area contributed by atoms with Crippen LogP contribution in [0, 0.1) is 5.92 Å². The molecule has 0 unspecified atom stereocenters. The third-order valence-electron chi connectivity index (χ3n) is 5.67. The lowest BCUT2D eigenvalue weighted by Crippen LogP contribution is -2.37. The van der Waals surface area contributed by atoms with E-state index < -0.39 is 5.60 Å². The number of aryl methyl sites for hydroxylation is 1. The van der Waals surface area contributed by atoms with Crippen LogP contribution in [-0.2, 0) is 11.3 Å². The van der Waals surface area contributed by atoms with Crippen molar-refractivity contribution in [3.8, 4) is 11.1 Å². The third-order valence-corrected chi connectivity index (χ3v) is 5.97. The van der Waals surface area contributed by atoms with E-state index >= 15 is 0 Å². The molecular formula is C23H28ClN5O2. The highest BCUT2D eigenvalue weighted by atomic mass is 35.5. The van der Waals surface area contributed by atoms with Gasteiger partial charge in [0, 0.05) is 24.8 Å². The highest BCUT2D eigenvalue weighted by Crippen LogP contribution is 2.31. The summed E-state index contributed by atoms with van der Waals surface area (Å²) >= 11 is 6.46. The number of hydrogen-bond acceptors (Lipinski definition) is 5. The summed E-state index contributed by atoms with van der Waals surface area (Å²) in [5.74, 6) is 0.426. The van der Waals surface area contributed by atoms with Crippen molar-refractivity contribution in [1.82, 2.24) is 19.9 Å². The van der Waals surface area contributed by atoms with E-state index in [0.29, 0.717) is 30.4 Å². The molecular weight excluding hydrogens is 414 g/mol. The van der Waals surface area contributed by atoms with Crippen LogP contribution in [-0.4, -0.2) is 44.2 Å². The van der Waals surface area contributed by atoms with Crippen LogP contribution in [0.4, 0.5) is 5.82 Å². The first kappa shape index (κ1) is 21.7. The summed E-state index contributed by atoms with van der Waals surface area (Å²) in [5, 5.41) is 16.8. The Kier molecular flexibility index (Phi) is 6.27. The van der Waals surface area contributed by atoms with Crippen molar-refractivity contribution in [1.29, 1.82) is 0 Å². The van der Waals surface area contributed by atoms with Crippen LogP contribution in [0.2, 0.25) is 5.02 Å². The Hall–Kier alpha value is -2.48. The van der Waals surface area contributed by atoms with Crippen molar-refractivity contribution in [3.63, 3.8) is 0 Å². The van der Waals surface area contributed by atoms with Crippen molar-refractivity contribution in [2.75, 3.05) is 18.4 Å². The van der Waals surface area contributed by atoms with Crippen LogP contribution in [0.15, 0.2) is 36.8 Å². The SMILES string of the molecule is CC(C)(O)CCn1cnc2ccc(-c3cc(NC(=O)[C@@H]4CCCNC4)ncc3Cl)cc21. The lowest BCUT2D eigenvalue weighted by Gasteiger charge is -2.21. The number of rotatable bonds is 6.